The van der Waals surface area contributed by atoms with E-state index in [0.29, 0.717) is 13.0 Å². The maximum atomic E-state index is 12.2. The molecule has 3 N–H and O–H groups in total. The lowest BCUT2D eigenvalue weighted by Gasteiger charge is -2.35. The van der Waals surface area contributed by atoms with Gasteiger partial charge in [0.1, 0.15) is 6.61 Å². The van der Waals surface area contributed by atoms with E-state index in [0.717, 1.165) is 22.3 Å². The number of carboxylic acid groups (broad SMARTS) is 1. The molecule has 0 spiro atoms. The van der Waals surface area contributed by atoms with Crippen LogP contribution in [0.4, 0.5) is 4.79 Å². The normalized spacial score (nSPS) is 19.0. The number of rotatable bonds is 4. The number of β-amino-alcohol motifs (C(OH)–C–C–N with tert-alkyl or cyclic N) is 1. The first kappa shape index (κ1) is 22.4. The van der Waals surface area contributed by atoms with E-state index in [1.54, 1.807) is 0 Å². The highest BCUT2D eigenvalue weighted by molar-refractivity contribution is 5.94. The van der Waals surface area contributed by atoms with Crippen molar-refractivity contribution in [3.05, 3.63) is 59.7 Å². The Morgan fingerprint density at radius 3 is 2.36 bits per heavy atom. The zero-order valence-electron chi connectivity index (χ0n) is 17.9. The van der Waals surface area contributed by atoms with Crippen LogP contribution in [0, 0.1) is 11.8 Å². The molecular formula is C25H24N2O6. The van der Waals surface area contributed by atoms with Crippen LogP contribution in [-0.4, -0.2) is 64.9 Å². The summed E-state index contributed by atoms with van der Waals surface area (Å²) >= 11 is 0. The molecule has 0 saturated carbocycles. The molecule has 0 bridgehead atoms. The average molecular weight is 448 g/mol. The first-order chi connectivity index (χ1) is 15.9. The largest absolute Gasteiger partial charge is 0.479 e. The van der Waals surface area contributed by atoms with Crippen LogP contribution >= 0.6 is 0 Å². The van der Waals surface area contributed by atoms with Crippen molar-refractivity contribution in [3.63, 3.8) is 0 Å². The van der Waals surface area contributed by atoms with Gasteiger partial charge in [0.15, 0.2) is 5.60 Å². The Labute approximate surface area is 191 Å². The van der Waals surface area contributed by atoms with Crippen LogP contribution in [0.15, 0.2) is 48.5 Å². The summed E-state index contributed by atoms with van der Waals surface area (Å²) in [5.41, 5.74) is 2.55. The van der Waals surface area contributed by atoms with Gasteiger partial charge in [0.25, 0.3) is 5.91 Å². The zero-order valence-corrected chi connectivity index (χ0v) is 17.9. The van der Waals surface area contributed by atoms with Gasteiger partial charge in [-0.25, -0.2) is 9.59 Å². The number of likely N-dealkylation sites (tertiary alicyclic amines) is 1. The second-order valence-electron chi connectivity index (χ2n) is 8.15. The second kappa shape index (κ2) is 9.35. The van der Waals surface area contributed by atoms with Gasteiger partial charge in [-0.05, 0) is 41.0 Å². The summed E-state index contributed by atoms with van der Waals surface area (Å²) in [6, 6.07) is 16.1. The minimum absolute atomic E-state index is 0.0529. The molecule has 8 nitrogen and oxygen atoms in total. The number of carbonyl (C=O) groups is 3. The van der Waals surface area contributed by atoms with Gasteiger partial charge in [0.05, 0.1) is 13.1 Å². The molecule has 1 atom stereocenters. The Kier molecular flexibility index (Phi) is 6.33. The Hall–Kier alpha value is -3.83. The van der Waals surface area contributed by atoms with Gasteiger partial charge in [0, 0.05) is 12.5 Å². The van der Waals surface area contributed by atoms with E-state index in [4.69, 9.17) is 9.84 Å². The number of amides is 2. The Morgan fingerprint density at radius 2 is 1.73 bits per heavy atom. The van der Waals surface area contributed by atoms with Crippen LogP contribution in [0.25, 0.3) is 11.1 Å². The maximum Gasteiger partial charge on any atom is 0.407 e. The van der Waals surface area contributed by atoms with Gasteiger partial charge in [-0.3, -0.25) is 4.79 Å². The van der Waals surface area contributed by atoms with E-state index >= 15 is 0 Å². The number of fused-ring (bicyclic) bond motifs is 3. The molecule has 1 saturated heterocycles. The van der Waals surface area contributed by atoms with Crippen molar-refractivity contribution < 1.29 is 29.3 Å². The number of benzene rings is 2. The highest BCUT2D eigenvalue weighted by atomic mass is 16.5. The molecule has 33 heavy (non-hydrogen) atoms. The topological polar surface area (TPSA) is 116 Å². The smallest absolute Gasteiger partial charge is 0.407 e. The summed E-state index contributed by atoms with van der Waals surface area (Å²) in [6.45, 7) is 0.0891. The molecule has 1 unspecified atom stereocenters. The van der Waals surface area contributed by atoms with Gasteiger partial charge in [-0.1, -0.05) is 54.5 Å². The summed E-state index contributed by atoms with van der Waals surface area (Å²) in [5.74, 6) is 2.91. The van der Waals surface area contributed by atoms with E-state index in [1.165, 1.54) is 4.90 Å². The van der Waals surface area contributed by atoms with Crippen LogP contribution in [-0.2, 0) is 14.3 Å². The van der Waals surface area contributed by atoms with Crippen molar-refractivity contribution >= 4 is 18.0 Å². The number of alkyl carbamates (subject to hydrolysis) is 1. The van der Waals surface area contributed by atoms with Crippen molar-refractivity contribution in [2.24, 2.45) is 0 Å². The lowest BCUT2D eigenvalue weighted by Crippen LogP contribution is -2.54. The molecule has 2 aromatic carbocycles. The minimum Gasteiger partial charge on any atom is -0.479 e. The van der Waals surface area contributed by atoms with E-state index in [2.05, 4.69) is 29.3 Å². The van der Waals surface area contributed by atoms with Crippen molar-refractivity contribution in [3.8, 4) is 23.0 Å². The first-order valence-corrected chi connectivity index (χ1v) is 10.7. The van der Waals surface area contributed by atoms with Crippen LogP contribution in [0.5, 0.6) is 0 Å². The van der Waals surface area contributed by atoms with E-state index in [-0.39, 0.29) is 32.0 Å². The molecule has 2 aromatic rings. The average Bonchev–Trinajstić information content (AvgIpc) is 3.14. The number of ether oxygens (including phenoxy) is 1. The van der Waals surface area contributed by atoms with Crippen LogP contribution in [0.3, 0.4) is 0 Å². The lowest BCUT2D eigenvalue weighted by atomic mass is 9.93. The molecule has 1 heterocycles. The summed E-state index contributed by atoms with van der Waals surface area (Å²) in [4.78, 5) is 36.7. The predicted molar refractivity (Wildman–Crippen MR) is 119 cm³/mol. The Balaban J connectivity index is 1.28. The number of carboxylic acids is 1. The van der Waals surface area contributed by atoms with Gasteiger partial charge in [-0.15, -0.1) is 0 Å². The third kappa shape index (κ3) is 4.69. The molecule has 2 aliphatic rings. The van der Waals surface area contributed by atoms with E-state index in [1.807, 2.05) is 36.4 Å². The molecule has 1 fully saturated rings. The fourth-order valence-corrected chi connectivity index (χ4v) is 4.35. The Bertz CT molecular complexity index is 1110. The van der Waals surface area contributed by atoms with Crippen molar-refractivity contribution in [2.45, 2.75) is 24.4 Å². The first-order valence-electron chi connectivity index (χ1n) is 10.7. The maximum absolute atomic E-state index is 12.2. The van der Waals surface area contributed by atoms with Crippen molar-refractivity contribution in [1.82, 2.24) is 10.2 Å². The Morgan fingerprint density at radius 1 is 1.09 bits per heavy atom. The molecule has 1 aliphatic carbocycles. The highest BCUT2D eigenvalue weighted by Crippen LogP contribution is 2.44. The van der Waals surface area contributed by atoms with Gasteiger partial charge < -0.3 is 25.2 Å². The van der Waals surface area contributed by atoms with Gasteiger partial charge >= 0.3 is 12.1 Å². The predicted octanol–water partition coefficient (Wildman–Crippen LogP) is 1.97. The van der Waals surface area contributed by atoms with Gasteiger partial charge in [-0.2, -0.15) is 0 Å². The molecule has 4 rings (SSSR count). The van der Waals surface area contributed by atoms with Crippen molar-refractivity contribution in [1.29, 1.82) is 0 Å². The minimum atomic E-state index is -1.95. The second-order valence-corrected chi connectivity index (χ2v) is 8.15. The monoisotopic (exact) mass is 448 g/mol. The lowest BCUT2D eigenvalue weighted by molar-refractivity contribution is -0.165. The number of aliphatic hydroxyl groups is 1. The highest BCUT2D eigenvalue weighted by Gasteiger charge is 2.41. The summed E-state index contributed by atoms with van der Waals surface area (Å²) in [5, 5.41) is 21.7. The summed E-state index contributed by atoms with van der Waals surface area (Å²) in [6.07, 6.45) is -0.186. The number of hydrogen-bond donors (Lipinski definition) is 3. The molecule has 0 aromatic heterocycles. The van der Waals surface area contributed by atoms with Crippen LogP contribution in [0.1, 0.15) is 29.9 Å². The molecule has 8 heteroatoms. The van der Waals surface area contributed by atoms with Crippen molar-refractivity contribution in [2.75, 3.05) is 26.2 Å². The molecular weight excluding hydrogens is 424 g/mol. The molecule has 2 amide bonds. The summed E-state index contributed by atoms with van der Waals surface area (Å²) < 4.78 is 5.41. The third-order valence-corrected chi connectivity index (χ3v) is 6.02. The summed E-state index contributed by atoms with van der Waals surface area (Å²) in [7, 11) is 0. The number of hydrogen-bond acceptors (Lipinski definition) is 5. The molecule has 1 aliphatic heterocycles. The van der Waals surface area contributed by atoms with E-state index < -0.39 is 23.6 Å². The number of carbonyl (C=O) groups excluding carboxylic acids is 2. The fourth-order valence-electron chi connectivity index (χ4n) is 4.35. The quantitative estimate of drug-likeness (QED) is 0.616. The number of nitrogens with zero attached hydrogens (tertiary/aromatic N) is 1. The van der Waals surface area contributed by atoms with E-state index in [9.17, 15) is 19.5 Å². The molecule has 0 radical (unpaired) electrons. The van der Waals surface area contributed by atoms with Crippen LogP contribution < -0.4 is 5.32 Å². The SMILES string of the molecule is O=C(NCC#CC(=O)N1CCCC(O)(C(=O)O)C1)OCC1c2ccccc2-c2ccccc21. The fraction of sp³-hybridized carbons (Fsp3) is 0.320. The van der Waals surface area contributed by atoms with Gasteiger partial charge in [0.2, 0.25) is 0 Å². The standard InChI is InChI=1S/C25H24N2O6/c28-22(27-14-6-12-25(32,16-27)23(29)30)11-5-13-26-24(31)33-15-21-19-9-3-1-7-17(19)18-8-2-4-10-20(18)21/h1-4,7-10,21,32H,6,12-16H2,(H,26,31)(H,29,30). The molecule has 170 valence electrons. The number of piperidine rings is 1. The number of aliphatic carboxylic acids is 1. The number of nitrogens with one attached hydrogen (secondary N) is 1. The zero-order chi connectivity index (χ0) is 23.4. The third-order valence-electron chi connectivity index (χ3n) is 6.02. The van der Waals surface area contributed by atoms with Crippen LogP contribution in [0.2, 0.25) is 0 Å².